The second-order valence-corrected chi connectivity index (χ2v) is 4.57. The first kappa shape index (κ1) is 11.1. The molecule has 0 radical (unpaired) electrons. The molecule has 0 aromatic heterocycles. The van der Waals surface area contributed by atoms with Crippen molar-refractivity contribution in [1.82, 2.24) is 0 Å². The maximum Gasteiger partial charge on any atom is 0.225 e. The minimum absolute atomic E-state index is 0.00653. The molecule has 1 aliphatic carbocycles. The molecule has 3 nitrogen and oxygen atoms in total. The maximum atomic E-state index is 11.5. The molecule has 0 bridgehead atoms. The number of hydrogen-bond acceptors (Lipinski definition) is 2. The molecule has 3 N–H and O–H groups in total. The molecule has 1 unspecified atom stereocenters. The van der Waals surface area contributed by atoms with Crippen LogP contribution in [0.1, 0.15) is 30.9 Å². The van der Waals surface area contributed by atoms with Crippen molar-refractivity contribution in [3.05, 3.63) is 29.3 Å². The number of nitrogens with one attached hydrogen (secondary N) is 1. The summed E-state index contributed by atoms with van der Waals surface area (Å²) in [5, 5.41) is 2.88. The summed E-state index contributed by atoms with van der Waals surface area (Å²) in [6.07, 6.45) is 3.90. The van der Waals surface area contributed by atoms with Gasteiger partial charge in [-0.2, -0.15) is 0 Å². The highest BCUT2D eigenvalue weighted by molar-refractivity contribution is 5.91. The third kappa shape index (κ3) is 2.61. The number of carbonyl (C=O) groups excluding carboxylic acids is 1. The molecular weight excluding hydrogens is 200 g/mol. The number of nitrogens with two attached hydrogens (primary N) is 1. The smallest absolute Gasteiger partial charge is 0.225 e. The zero-order chi connectivity index (χ0) is 11.5. The lowest BCUT2D eigenvalue weighted by Gasteiger charge is -2.08. The summed E-state index contributed by atoms with van der Waals surface area (Å²) in [5.74, 6) is -0.00653. The van der Waals surface area contributed by atoms with Crippen molar-refractivity contribution in [1.29, 1.82) is 0 Å². The lowest BCUT2D eigenvalue weighted by molar-refractivity contribution is -0.116. The molecule has 0 saturated heterocycles. The van der Waals surface area contributed by atoms with Gasteiger partial charge in [-0.05, 0) is 49.4 Å². The Balaban J connectivity index is 2.02. The number of rotatable bonds is 3. The van der Waals surface area contributed by atoms with E-state index in [4.69, 9.17) is 5.73 Å². The quantitative estimate of drug-likeness (QED) is 0.813. The highest BCUT2D eigenvalue weighted by Crippen LogP contribution is 2.24. The second kappa shape index (κ2) is 4.66. The zero-order valence-electron chi connectivity index (χ0n) is 9.62. The van der Waals surface area contributed by atoms with Crippen molar-refractivity contribution < 1.29 is 4.79 Å². The molecule has 0 fully saturated rings. The van der Waals surface area contributed by atoms with E-state index >= 15 is 0 Å². The molecule has 2 rings (SSSR count). The monoisotopic (exact) mass is 218 g/mol. The Kier molecular flexibility index (Phi) is 3.25. The molecule has 1 atom stereocenters. The molecule has 16 heavy (non-hydrogen) atoms. The van der Waals surface area contributed by atoms with Crippen LogP contribution in [0.4, 0.5) is 5.69 Å². The van der Waals surface area contributed by atoms with Gasteiger partial charge in [-0.15, -0.1) is 0 Å². The number of carbonyl (C=O) groups is 1. The lowest BCUT2D eigenvalue weighted by atomic mass is 10.1. The Labute approximate surface area is 96.0 Å². The van der Waals surface area contributed by atoms with E-state index in [2.05, 4.69) is 17.4 Å². The summed E-state index contributed by atoms with van der Waals surface area (Å²) in [4.78, 5) is 11.5. The first-order valence-electron chi connectivity index (χ1n) is 5.82. The minimum atomic E-state index is -0.0885. The van der Waals surface area contributed by atoms with Gasteiger partial charge in [0.2, 0.25) is 5.91 Å². The standard InChI is InChI=1S/C13H18N2O/c1-9(14)7-13(16)15-12-6-5-10-3-2-4-11(10)8-12/h5-6,8-9H,2-4,7,14H2,1H3,(H,15,16). The molecule has 1 amide bonds. The number of aryl methyl sites for hydroxylation is 2. The van der Waals surface area contributed by atoms with E-state index in [1.54, 1.807) is 0 Å². The predicted molar refractivity (Wildman–Crippen MR) is 65.4 cm³/mol. The largest absolute Gasteiger partial charge is 0.327 e. The Hall–Kier alpha value is -1.35. The summed E-state index contributed by atoms with van der Waals surface area (Å²) >= 11 is 0. The van der Waals surface area contributed by atoms with Crippen LogP contribution in [0.2, 0.25) is 0 Å². The van der Waals surface area contributed by atoms with Gasteiger partial charge >= 0.3 is 0 Å². The molecule has 1 aromatic rings. The summed E-state index contributed by atoms with van der Waals surface area (Å²) in [7, 11) is 0. The molecular formula is C13H18N2O. The minimum Gasteiger partial charge on any atom is -0.327 e. The van der Waals surface area contributed by atoms with Crippen molar-refractivity contribution in [3.8, 4) is 0 Å². The third-order valence-electron chi connectivity index (χ3n) is 2.89. The van der Waals surface area contributed by atoms with Crippen LogP contribution in [-0.2, 0) is 17.6 Å². The van der Waals surface area contributed by atoms with Crippen LogP contribution in [0.3, 0.4) is 0 Å². The number of benzene rings is 1. The normalized spacial score (nSPS) is 15.6. The van der Waals surface area contributed by atoms with Crippen molar-refractivity contribution >= 4 is 11.6 Å². The van der Waals surface area contributed by atoms with Crippen LogP contribution >= 0.6 is 0 Å². The molecule has 1 aromatic carbocycles. The van der Waals surface area contributed by atoms with Gasteiger partial charge in [0.05, 0.1) is 0 Å². The van der Waals surface area contributed by atoms with Crippen LogP contribution in [0, 0.1) is 0 Å². The van der Waals surface area contributed by atoms with Gasteiger partial charge in [-0.1, -0.05) is 6.07 Å². The molecule has 0 saturated carbocycles. The fourth-order valence-electron chi connectivity index (χ4n) is 2.15. The number of amides is 1. The van der Waals surface area contributed by atoms with Crippen LogP contribution < -0.4 is 11.1 Å². The highest BCUT2D eigenvalue weighted by atomic mass is 16.1. The van der Waals surface area contributed by atoms with E-state index in [0.717, 1.165) is 12.1 Å². The first-order chi connectivity index (χ1) is 7.65. The number of hydrogen-bond donors (Lipinski definition) is 2. The fourth-order valence-corrected chi connectivity index (χ4v) is 2.15. The molecule has 1 aliphatic rings. The van der Waals surface area contributed by atoms with Crippen molar-refractivity contribution in [3.63, 3.8) is 0 Å². The Bertz CT molecular complexity index is 399. The predicted octanol–water partition coefficient (Wildman–Crippen LogP) is 1.85. The molecule has 0 heterocycles. The molecule has 0 aliphatic heterocycles. The summed E-state index contributed by atoms with van der Waals surface area (Å²) < 4.78 is 0. The van der Waals surface area contributed by atoms with E-state index in [-0.39, 0.29) is 11.9 Å². The van der Waals surface area contributed by atoms with E-state index in [0.29, 0.717) is 6.42 Å². The summed E-state index contributed by atoms with van der Waals surface area (Å²) in [5.41, 5.74) is 9.27. The number of fused-ring (bicyclic) bond motifs is 1. The van der Waals surface area contributed by atoms with E-state index < -0.39 is 0 Å². The topological polar surface area (TPSA) is 55.1 Å². The lowest BCUT2D eigenvalue weighted by Crippen LogP contribution is -2.24. The van der Waals surface area contributed by atoms with Gasteiger partial charge in [-0.3, -0.25) is 4.79 Å². The molecule has 86 valence electrons. The van der Waals surface area contributed by atoms with Gasteiger partial charge in [0, 0.05) is 18.2 Å². The average molecular weight is 218 g/mol. The Morgan fingerprint density at radius 2 is 2.19 bits per heavy atom. The zero-order valence-corrected chi connectivity index (χ0v) is 9.62. The van der Waals surface area contributed by atoms with Crippen molar-refractivity contribution in [2.24, 2.45) is 5.73 Å². The van der Waals surface area contributed by atoms with Gasteiger partial charge in [-0.25, -0.2) is 0 Å². The SMILES string of the molecule is CC(N)CC(=O)Nc1ccc2c(c1)CCC2. The second-order valence-electron chi connectivity index (χ2n) is 4.57. The van der Waals surface area contributed by atoms with Crippen LogP contribution in [0.25, 0.3) is 0 Å². The van der Waals surface area contributed by atoms with Crippen LogP contribution in [0.5, 0.6) is 0 Å². The van der Waals surface area contributed by atoms with Gasteiger partial charge < -0.3 is 11.1 Å². The average Bonchev–Trinajstić information content (AvgIpc) is 2.63. The third-order valence-corrected chi connectivity index (χ3v) is 2.89. The summed E-state index contributed by atoms with van der Waals surface area (Å²) in [6.45, 7) is 1.84. The Morgan fingerprint density at radius 1 is 1.44 bits per heavy atom. The number of anilines is 1. The van der Waals surface area contributed by atoms with E-state index in [9.17, 15) is 4.79 Å². The van der Waals surface area contributed by atoms with Crippen LogP contribution in [0.15, 0.2) is 18.2 Å². The fraction of sp³-hybridized carbons (Fsp3) is 0.462. The van der Waals surface area contributed by atoms with Crippen molar-refractivity contribution in [2.75, 3.05) is 5.32 Å². The Morgan fingerprint density at radius 3 is 2.94 bits per heavy atom. The first-order valence-corrected chi connectivity index (χ1v) is 5.82. The van der Waals surface area contributed by atoms with E-state index in [1.807, 2.05) is 13.0 Å². The van der Waals surface area contributed by atoms with Crippen LogP contribution in [-0.4, -0.2) is 11.9 Å². The molecule has 3 heteroatoms. The van der Waals surface area contributed by atoms with Crippen molar-refractivity contribution in [2.45, 2.75) is 38.6 Å². The van der Waals surface area contributed by atoms with Gasteiger partial charge in [0.15, 0.2) is 0 Å². The van der Waals surface area contributed by atoms with Gasteiger partial charge in [0.25, 0.3) is 0 Å². The maximum absolute atomic E-state index is 11.5. The summed E-state index contributed by atoms with van der Waals surface area (Å²) in [6, 6.07) is 6.09. The van der Waals surface area contributed by atoms with Gasteiger partial charge in [0.1, 0.15) is 0 Å². The molecule has 0 spiro atoms. The highest BCUT2D eigenvalue weighted by Gasteiger charge is 2.12. The van der Waals surface area contributed by atoms with E-state index in [1.165, 1.54) is 24.0 Å².